The minimum atomic E-state index is -3.54. The Morgan fingerprint density at radius 3 is 2.26 bits per heavy atom. The molecule has 0 radical (unpaired) electrons. The summed E-state index contributed by atoms with van der Waals surface area (Å²) in [5.41, 5.74) is 2.16. The number of halogens is 2. The van der Waals surface area contributed by atoms with E-state index in [4.69, 9.17) is 4.74 Å². The Hall–Kier alpha value is -3.20. The van der Waals surface area contributed by atoms with Crippen LogP contribution in [0.25, 0.3) is 11.1 Å². The molecule has 0 aliphatic rings. The van der Waals surface area contributed by atoms with Crippen LogP contribution in [-0.4, -0.2) is 14.2 Å². The summed E-state index contributed by atoms with van der Waals surface area (Å²) in [7, 11) is -3.54. The predicted molar refractivity (Wildman–Crippen MR) is 114 cm³/mol. The fraction of sp³-hybridized carbons (Fsp3) is 0.227. The number of hydrogen-bond donors (Lipinski definition) is 1. The normalized spacial score (nSPS) is 11.4. The van der Waals surface area contributed by atoms with Crippen molar-refractivity contribution < 1.29 is 26.7 Å². The lowest BCUT2D eigenvalue weighted by molar-refractivity contribution is -0.619. The zero-order valence-electron chi connectivity index (χ0n) is 17.3. The Bertz CT molecular complexity index is 1210. The molecule has 0 saturated heterocycles. The van der Waals surface area contributed by atoms with E-state index >= 15 is 0 Å². The highest BCUT2D eigenvalue weighted by atomic mass is 32.2. The number of pyridine rings is 1. The van der Waals surface area contributed by atoms with Crippen LogP contribution in [0.2, 0.25) is 0 Å². The second-order valence-corrected chi connectivity index (χ2v) is 8.97. The van der Waals surface area contributed by atoms with E-state index in [0.29, 0.717) is 40.7 Å². The molecule has 0 unspecified atom stereocenters. The van der Waals surface area contributed by atoms with E-state index in [1.165, 1.54) is 18.2 Å². The summed E-state index contributed by atoms with van der Waals surface area (Å²) in [5.74, 6) is -1.63. The van der Waals surface area contributed by atoms with Crippen molar-refractivity contribution in [2.24, 2.45) is 0 Å². The Morgan fingerprint density at radius 2 is 1.65 bits per heavy atom. The summed E-state index contributed by atoms with van der Waals surface area (Å²) in [6.07, 6.45) is 0.452. The number of aryl methyl sites for hydroxylation is 2. The second-order valence-electron chi connectivity index (χ2n) is 7.13. The quantitative estimate of drug-likeness (QED) is 0.415. The molecule has 1 heterocycles. The SMILES string of the molecule is CCCS(=O)(=O)Nc1ccc(Oc2ccc(F)cc2F)c(-c2cc(C)[n+]([O-])c(C)c2)c1. The number of nitrogens with zero attached hydrogens (tertiary/aromatic N) is 1. The van der Waals surface area contributed by atoms with Crippen molar-refractivity contribution >= 4 is 15.7 Å². The van der Waals surface area contributed by atoms with E-state index < -0.39 is 21.7 Å². The van der Waals surface area contributed by atoms with Crippen LogP contribution in [0.5, 0.6) is 11.5 Å². The van der Waals surface area contributed by atoms with Crippen molar-refractivity contribution in [3.8, 4) is 22.6 Å². The third-order valence-corrected chi connectivity index (χ3v) is 6.01. The molecular formula is C22H22F2N2O4S. The number of aromatic nitrogens is 1. The molecule has 1 aromatic heterocycles. The van der Waals surface area contributed by atoms with Crippen molar-refractivity contribution in [1.82, 2.24) is 0 Å². The predicted octanol–water partition coefficient (Wildman–Crippen LogP) is 4.83. The molecule has 0 saturated carbocycles. The average molecular weight is 448 g/mol. The third-order valence-electron chi connectivity index (χ3n) is 4.52. The van der Waals surface area contributed by atoms with Gasteiger partial charge in [-0.05, 0) is 42.3 Å². The van der Waals surface area contributed by atoms with Gasteiger partial charge >= 0.3 is 0 Å². The Labute approximate surface area is 179 Å². The first kappa shape index (κ1) is 22.5. The van der Waals surface area contributed by atoms with E-state index in [-0.39, 0.29) is 17.3 Å². The summed E-state index contributed by atoms with van der Waals surface area (Å²) in [4.78, 5) is 0. The van der Waals surface area contributed by atoms with Gasteiger partial charge in [0.05, 0.1) is 5.75 Å². The van der Waals surface area contributed by atoms with Crippen molar-refractivity contribution in [2.45, 2.75) is 27.2 Å². The van der Waals surface area contributed by atoms with E-state index in [0.717, 1.165) is 10.8 Å². The molecule has 0 aliphatic carbocycles. The molecule has 2 aromatic carbocycles. The summed E-state index contributed by atoms with van der Waals surface area (Å²) in [5, 5.41) is 12.0. The monoisotopic (exact) mass is 448 g/mol. The van der Waals surface area contributed by atoms with E-state index in [1.807, 2.05) is 0 Å². The minimum Gasteiger partial charge on any atom is -0.618 e. The molecule has 0 aliphatic heterocycles. The van der Waals surface area contributed by atoms with Gasteiger partial charge in [0.2, 0.25) is 10.0 Å². The van der Waals surface area contributed by atoms with Crippen molar-refractivity contribution in [1.29, 1.82) is 0 Å². The summed E-state index contributed by atoms with van der Waals surface area (Å²) >= 11 is 0. The van der Waals surface area contributed by atoms with Crippen molar-refractivity contribution in [3.05, 3.63) is 76.8 Å². The maximum Gasteiger partial charge on any atom is 0.232 e. The molecule has 0 atom stereocenters. The summed E-state index contributed by atoms with van der Waals surface area (Å²) in [6.45, 7) is 5.03. The fourth-order valence-corrected chi connectivity index (χ4v) is 4.25. The van der Waals surface area contributed by atoms with Gasteiger partial charge in [0.1, 0.15) is 11.6 Å². The molecule has 3 aromatic rings. The van der Waals surface area contributed by atoms with E-state index in [2.05, 4.69) is 4.72 Å². The standard InChI is InChI=1S/C22H22F2N2O4S/c1-4-9-31(28,29)25-18-6-8-21(30-22-7-5-17(23)12-20(22)24)19(13-18)16-10-14(2)26(27)15(3)11-16/h5-8,10-13,25H,4,9H2,1-3H3. The van der Waals surface area contributed by atoms with Crippen LogP contribution < -0.4 is 14.2 Å². The first-order chi connectivity index (χ1) is 14.6. The first-order valence-corrected chi connectivity index (χ1v) is 11.2. The highest BCUT2D eigenvalue weighted by molar-refractivity contribution is 7.92. The maximum atomic E-state index is 14.1. The lowest BCUT2D eigenvalue weighted by atomic mass is 10.0. The maximum absolute atomic E-state index is 14.1. The molecular weight excluding hydrogens is 426 g/mol. The lowest BCUT2D eigenvalue weighted by Crippen LogP contribution is -2.33. The Kier molecular flexibility index (Phi) is 6.45. The molecule has 6 nitrogen and oxygen atoms in total. The van der Waals surface area contributed by atoms with Gasteiger partial charge in [-0.1, -0.05) is 6.92 Å². The Balaban J connectivity index is 2.11. The Morgan fingerprint density at radius 1 is 1.00 bits per heavy atom. The lowest BCUT2D eigenvalue weighted by Gasteiger charge is -2.16. The molecule has 31 heavy (non-hydrogen) atoms. The van der Waals surface area contributed by atoms with Gasteiger partial charge < -0.3 is 9.94 Å². The molecule has 9 heteroatoms. The number of nitrogens with one attached hydrogen (secondary N) is 1. The van der Waals surface area contributed by atoms with Gasteiger partial charge in [-0.15, -0.1) is 0 Å². The van der Waals surface area contributed by atoms with Crippen LogP contribution in [0.1, 0.15) is 24.7 Å². The molecule has 3 rings (SSSR count). The highest BCUT2D eigenvalue weighted by Crippen LogP contribution is 2.37. The van der Waals surface area contributed by atoms with Crippen LogP contribution in [0.4, 0.5) is 14.5 Å². The minimum absolute atomic E-state index is 0.0406. The smallest absolute Gasteiger partial charge is 0.232 e. The zero-order chi connectivity index (χ0) is 22.8. The number of anilines is 1. The van der Waals surface area contributed by atoms with Crippen LogP contribution in [0.3, 0.4) is 0 Å². The average Bonchev–Trinajstić information content (AvgIpc) is 2.68. The van der Waals surface area contributed by atoms with Crippen molar-refractivity contribution in [2.75, 3.05) is 10.5 Å². The topological polar surface area (TPSA) is 82.3 Å². The third kappa shape index (κ3) is 5.29. The van der Waals surface area contributed by atoms with Gasteiger partial charge in [0.15, 0.2) is 23.0 Å². The number of rotatable bonds is 7. The van der Waals surface area contributed by atoms with Gasteiger partial charge in [0.25, 0.3) is 0 Å². The summed E-state index contributed by atoms with van der Waals surface area (Å²) in [6, 6.07) is 10.7. The number of benzene rings is 2. The van der Waals surface area contributed by atoms with E-state index in [1.54, 1.807) is 39.0 Å². The van der Waals surface area contributed by atoms with Crippen molar-refractivity contribution in [3.63, 3.8) is 0 Å². The first-order valence-electron chi connectivity index (χ1n) is 9.58. The number of ether oxygens (including phenoxy) is 1. The highest BCUT2D eigenvalue weighted by Gasteiger charge is 2.17. The van der Waals surface area contributed by atoms with Crippen LogP contribution in [0, 0.1) is 30.7 Å². The molecule has 0 amide bonds. The van der Waals surface area contributed by atoms with Gasteiger partial charge in [0, 0.05) is 43.3 Å². The molecule has 0 bridgehead atoms. The van der Waals surface area contributed by atoms with Gasteiger partial charge in [-0.2, -0.15) is 4.73 Å². The number of sulfonamides is 1. The molecule has 164 valence electrons. The van der Waals surface area contributed by atoms with E-state index in [9.17, 15) is 22.4 Å². The van der Waals surface area contributed by atoms with Gasteiger partial charge in [-0.3, -0.25) is 4.72 Å². The van der Waals surface area contributed by atoms with Gasteiger partial charge in [-0.25, -0.2) is 17.2 Å². The van der Waals surface area contributed by atoms with Crippen LogP contribution in [-0.2, 0) is 10.0 Å². The largest absolute Gasteiger partial charge is 0.618 e. The molecule has 0 spiro atoms. The molecule has 1 N–H and O–H groups in total. The fourth-order valence-electron chi connectivity index (χ4n) is 3.13. The zero-order valence-corrected chi connectivity index (χ0v) is 18.1. The van der Waals surface area contributed by atoms with Crippen LogP contribution in [0.15, 0.2) is 48.5 Å². The number of hydrogen-bond acceptors (Lipinski definition) is 4. The van der Waals surface area contributed by atoms with Crippen LogP contribution >= 0.6 is 0 Å². The molecule has 0 fully saturated rings. The second kappa shape index (κ2) is 8.89. The summed E-state index contributed by atoms with van der Waals surface area (Å²) < 4.78 is 60.7.